The first-order chi connectivity index (χ1) is 10.9. The molecule has 1 amide bonds. The Hall–Kier alpha value is -2.21. The van der Waals surface area contributed by atoms with Crippen molar-refractivity contribution >= 4 is 27.8 Å². The average molecular weight is 380 g/mol. The van der Waals surface area contributed by atoms with Gasteiger partial charge in [0, 0.05) is 10.9 Å². The fourth-order valence-corrected chi connectivity index (χ4v) is 2.58. The molecule has 0 fully saturated rings. The third kappa shape index (κ3) is 5.49. The molecule has 0 spiro atoms. The summed E-state index contributed by atoms with van der Waals surface area (Å²) in [6, 6.07) is 11.8. The molecule has 0 aliphatic carbocycles. The highest BCUT2D eigenvalue weighted by Crippen LogP contribution is 2.13. The van der Waals surface area contributed by atoms with E-state index in [2.05, 4.69) is 21.2 Å². The molecule has 0 heterocycles. The van der Waals surface area contributed by atoms with Gasteiger partial charge in [-0.05, 0) is 35.4 Å². The fourth-order valence-electron chi connectivity index (χ4n) is 2.13. The van der Waals surface area contributed by atoms with Gasteiger partial charge in [-0.3, -0.25) is 4.79 Å². The van der Waals surface area contributed by atoms with Crippen molar-refractivity contribution in [1.29, 1.82) is 0 Å². The van der Waals surface area contributed by atoms with Gasteiger partial charge < -0.3 is 10.4 Å². The molecule has 2 N–H and O–H groups in total. The monoisotopic (exact) mass is 379 g/mol. The summed E-state index contributed by atoms with van der Waals surface area (Å²) in [4.78, 5) is 23.3. The first kappa shape index (κ1) is 17.1. The number of carboxylic acids is 1. The summed E-state index contributed by atoms with van der Waals surface area (Å²) < 4.78 is 13.7. The van der Waals surface area contributed by atoms with E-state index in [1.807, 2.05) is 12.1 Å². The van der Waals surface area contributed by atoms with E-state index in [0.717, 1.165) is 10.0 Å². The van der Waals surface area contributed by atoms with Crippen molar-refractivity contribution in [3.05, 3.63) is 69.9 Å². The number of aliphatic carboxylic acids is 1. The van der Waals surface area contributed by atoms with Gasteiger partial charge in [-0.15, -0.1) is 0 Å². The second-order valence-electron chi connectivity index (χ2n) is 5.10. The molecule has 0 radical (unpaired) electrons. The number of benzene rings is 2. The van der Waals surface area contributed by atoms with Crippen LogP contribution in [0.3, 0.4) is 0 Å². The maximum Gasteiger partial charge on any atom is 0.326 e. The third-order valence-electron chi connectivity index (χ3n) is 3.24. The number of hydrogen-bond acceptors (Lipinski definition) is 2. The van der Waals surface area contributed by atoms with Crippen molar-refractivity contribution in [3.8, 4) is 0 Å². The Bertz CT molecular complexity index is 703. The smallest absolute Gasteiger partial charge is 0.326 e. The minimum Gasteiger partial charge on any atom is -0.480 e. The number of hydrogen-bond donors (Lipinski definition) is 2. The summed E-state index contributed by atoms with van der Waals surface area (Å²) in [7, 11) is 0. The van der Waals surface area contributed by atoms with E-state index >= 15 is 0 Å². The quantitative estimate of drug-likeness (QED) is 0.810. The minimum atomic E-state index is -1.10. The van der Waals surface area contributed by atoms with Crippen molar-refractivity contribution in [2.45, 2.75) is 18.9 Å². The molecule has 0 aromatic heterocycles. The van der Waals surface area contributed by atoms with E-state index in [1.54, 1.807) is 12.1 Å². The average Bonchev–Trinajstić information content (AvgIpc) is 2.49. The zero-order chi connectivity index (χ0) is 16.8. The van der Waals surface area contributed by atoms with E-state index in [-0.39, 0.29) is 18.7 Å². The number of carbonyl (C=O) groups is 2. The van der Waals surface area contributed by atoms with Crippen LogP contribution in [0.1, 0.15) is 11.1 Å². The van der Waals surface area contributed by atoms with Crippen LogP contribution in [0.5, 0.6) is 0 Å². The summed E-state index contributed by atoms with van der Waals surface area (Å²) in [6.07, 6.45) is 0.187. The standard InChI is InChI=1S/C17H15BrFNO3/c18-13-3-1-2-12(8-13)9-15(17(22)23)20-16(21)10-11-4-6-14(19)7-5-11/h1-8,15H,9-10H2,(H,20,21)(H,22,23)/t15-/m1/s1. The van der Waals surface area contributed by atoms with Crippen molar-refractivity contribution in [2.24, 2.45) is 0 Å². The Morgan fingerprint density at radius 3 is 2.43 bits per heavy atom. The van der Waals surface area contributed by atoms with Crippen molar-refractivity contribution in [3.63, 3.8) is 0 Å². The molecule has 2 rings (SSSR count). The highest BCUT2D eigenvalue weighted by atomic mass is 79.9. The first-order valence-corrected chi connectivity index (χ1v) is 7.74. The van der Waals surface area contributed by atoms with E-state index in [0.29, 0.717) is 5.56 Å². The van der Waals surface area contributed by atoms with Crippen LogP contribution in [-0.2, 0) is 22.4 Å². The van der Waals surface area contributed by atoms with Crippen LogP contribution in [0.15, 0.2) is 53.0 Å². The van der Waals surface area contributed by atoms with Gasteiger partial charge >= 0.3 is 5.97 Å². The van der Waals surface area contributed by atoms with Crippen LogP contribution in [0.25, 0.3) is 0 Å². The number of halogens is 2. The molecule has 6 heteroatoms. The highest BCUT2D eigenvalue weighted by molar-refractivity contribution is 9.10. The highest BCUT2D eigenvalue weighted by Gasteiger charge is 2.20. The minimum absolute atomic E-state index is 0.00252. The zero-order valence-electron chi connectivity index (χ0n) is 12.1. The van der Waals surface area contributed by atoms with Gasteiger partial charge in [-0.1, -0.05) is 40.2 Å². The van der Waals surface area contributed by atoms with Gasteiger partial charge in [0.1, 0.15) is 11.9 Å². The van der Waals surface area contributed by atoms with E-state index in [1.165, 1.54) is 24.3 Å². The zero-order valence-corrected chi connectivity index (χ0v) is 13.7. The molecule has 0 saturated heterocycles. The Morgan fingerprint density at radius 2 is 1.83 bits per heavy atom. The fraction of sp³-hybridized carbons (Fsp3) is 0.176. The lowest BCUT2D eigenvalue weighted by Crippen LogP contribution is -2.43. The molecule has 23 heavy (non-hydrogen) atoms. The van der Waals surface area contributed by atoms with Crippen molar-refractivity contribution < 1.29 is 19.1 Å². The lowest BCUT2D eigenvalue weighted by Gasteiger charge is -2.15. The second-order valence-corrected chi connectivity index (χ2v) is 6.01. The van der Waals surface area contributed by atoms with Crippen LogP contribution >= 0.6 is 15.9 Å². The molecule has 2 aromatic carbocycles. The van der Waals surface area contributed by atoms with Gasteiger partial charge in [0.25, 0.3) is 0 Å². The Labute approximate surface area is 141 Å². The van der Waals surface area contributed by atoms with Crippen LogP contribution in [0.2, 0.25) is 0 Å². The van der Waals surface area contributed by atoms with Crippen LogP contribution in [0.4, 0.5) is 4.39 Å². The van der Waals surface area contributed by atoms with Gasteiger partial charge in [0.05, 0.1) is 6.42 Å². The molecule has 0 unspecified atom stereocenters. The molecule has 1 atom stereocenters. The molecule has 0 aliphatic rings. The summed E-state index contributed by atoms with van der Waals surface area (Å²) in [5.74, 6) is -1.90. The van der Waals surface area contributed by atoms with Gasteiger partial charge in [-0.2, -0.15) is 0 Å². The first-order valence-electron chi connectivity index (χ1n) is 6.95. The second kappa shape index (κ2) is 7.87. The number of carboxylic acid groups (broad SMARTS) is 1. The lowest BCUT2D eigenvalue weighted by atomic mass is 10.1. The summed E-state index contributed by atoms with van der Waals surface area (Å²) >= 11 is 3.32. The number of carbonyl (C=O) groups excluding carboxylic acids is 1. The van der Waals surface area contributed by atoms with Gasteiger partial charge in [-0.25, -0.2) is 9.18 Å². The molecule has 0 aliphatic heterocycles. The molecular weight excluding hydrogens is 365 g/mol. The number of rotatable bonds is 6. The maximum atomic E-state index is 12.8. The third-order valence-corrected chi connectivity index (χ3v) is 3.73. The molecule has 120 valence electrons. The van der Waals surface area contributed by atoms with Crippen LogP contribution < -0.4 is 5.32 Å². The van der Waals surface area contributed by atoms with E-state index in [4.69, 9.17) is 0 Å². The maximum absolute atomic E-state index is 12.8. The number of amides is 1. The number of nitrogens with one attached hydrogen (secondary N) is 1. The summed E-state index contributed by atoms with van der Waals surface area (Å²) in [5, 5.41) is 11.8. The topological polar surface area (TPSA) is 66.4 Å². The van der Waals surface area contributed by atoms with E-state index in [9.17, 15) is 19.1 Å². The summed E-state index contributed by atoms with van der Waals surface area (Å²) in [6.45, 7) is 0. The summed E-state index contributed by atoms with van der Waals surface area (Å²) in [5.41, 5.74) is 1.42. The van der Waals surface area contributed by atoms with Crippen molar-refractivity contribution in [1.82, 2.24) is 5.32 Å². The Balaban J connectivity index is 1.99. The molecule has 2 aromatic rings. The molecule has 0 saturated carbocycles. The molecule has 4 nitrogen and oxygen atoms in total. The van der Waals surface area contributed by atoms with Crippen molar-refractivity contribution in [2.75, 3.05) is 0 Å². The largest absolute Gasteiger partial charge is 0.480 e. The predicted molar refractivity (Wildman–Crippen MR) is 87.5 cm³/mol. The predicted octanol–water partition coefficient (Wildman–Crippen LogP) is 2.94. The Kier molecular flexibility index (Phi) is 5.87. The SMILES string of the molecule is O=C(Cc1ccc(F)cc1)N[C@H](Cc1cccc(Br)c1)C(=O)O. The molecule has 0 bridgehead atoms. The normalized spacial score (nSPS) is 11.7. The molecular formula is C17H15BrFNO3. The lowest BCUT2D eigenvalue weighted by molar-refractivity contribution is -0.141. The van der Waals surface area contributed by atoms with Crippen LogP contribution in [0, 0.1) is 5.82 Å². The van der Waals surface area contributed by atoms with E-state index < -0.39 is 17.9 Å². The Morgan fingerprint density at radius 1 is 1.13 bits per heavy atom. The van der Waals surface area contributed by atoms with Crippen LogP contribution in [-0.4, -0.2) is 23.0 Å². The van der Waals surface area contributed by atoms with Gasteiger partial charge in [0.15, 0.2) is 0 Å². The van der Waals surface area contributed by atoms with Gasteiger partial charge in [0.2, 0.25) is 5.91 Å².